The van der Waals surface area contributed by atoms with Crippen LogP contribution >= 0.6 is 0 Å². The van der Waals surface area contributed by atoms with Crippen LogP contribution in [0.25, 0.3) is 78.1 Å². The molecule has 3 aromatic carbocycles. The Hall–Kier alpha value is -8.00. The molecule has 2 aliphatic carbocycles. The number of aromatic amines is 2. The Morgan fingerprint density at radius 3 is 1.71 bits per heavy atom. The third-order valence-corrected chi connectivity index (χ3v) is 14.0. The van der Waals surface area contributed by atoms with E-state index in [0.29, 0.717) is 70.0 Å². The van der Waals surface area contributed by atoms with Gasteiger partial charge in [-0.3, -0.25) is 5.43 Å². The fourth-order valence-corrected chi connectivity index (χ4v) is 10.4. The molecule has 0 saturated carbocycles. The molecule has 0 fully saturated rings. The van der Waals surface area contributed by atoms with Crippen LogP contribution in [0.15, 0.2) is 131 Å². The lowest BCUT2D eigenvalue weighted by atomic mass is 9.91. The lowest BCUT2D eigenvalue weighted by Crippen LogP contribution is -2.37. The number of pyridine rings is 2. The fraction of sp³-hybridized carbons (Fsp3) is 0.192. The largest absolute Gasteiger partial charge is 0.356 e. The van der Waals surface area contributed by atoms with E-state index in [-0.39, 0.29) is 23.2 Å². The lowest BCUT2D eigenvalue weighted by molar-refractivity contribution is 0.263. The molecule has 0 saturated heterocycles. The third-order valence-electron chi connectivity index (χ3n) is 12.8. The number of fused-ring (bicyclic) bond motifs is 3. The number of hydrazine groups is 2. The third kappa shape index (κ3) is 11.2. The fourth-order valence-electron chi connectivity index (χ4n) is 9.15. The summed E-state index contributed by atoms with van der Waals surface area (Å²) in [7, 11) is -6.78. The van der Waals surface area contributed by atoms with E-state index in [1.165, 1.54) is 42.2 Å². The zero-order valence-electron chi connectivity index (χ0n) is 40.4. The quantitative estimate of drug-likeness (QED) is 0.0697. The van der Waals surface area contributed by atoms with E-state index < -0.39 is 43.4 Å². The maximum Gasteiger partial charge on any atom is 0.286 e. The molecule has 0 amide bonds. The lowest BCUT2D eigenvalue weighted by Gasteiger charge is -2.22. The SMILES string of the molecule is CS(=O)(=O)NC1CC=C(c2cnc3[nH]cc(-c4oncc4-c4cccc(F)c4F)c3c2)CC1.CS(=O)(=O)ON1NNc2ccccc21.NC1CC=C(c2cnc3[nH]cc(-c4oncc4-c4cccc(F)c4F)c3c2)CC1. The molecule has 2 atom stereocenters. The number of allylic oxidation sites excluding steroid dienone is 2. The van der Waals surface area contributed by atoms with E-state index in [1.807, 2.05) is 30.5 Å². The van der Waals surface area contributed by atoms with Gasteiger partial charge in [-0.15, -0.1) is 15.0 Å². The number of nitrogens with zero attached hydrogens (tertiary/aromatic N) is 5. The topological polar surface area (TPSA) is 252 Å². The van der Waals surface area contributed by atoms with Crippen molar-refractivity contribution in [3.05, 3.63) is 157 Å². The van der Waals surface area contributed by atoms with Crippen molar-refractivity contribution >= 4 is 64.7 Å². The first-order valence-electron chi connectivity index (χ1n) is 23.6. The minimum Gasteiger partial charge on any atom is -0.356 e. The van der Waals surface area contributed by atoms with Gasteiger partial charge in [0.1, 0.15) is 17.0 Å². The molecule has 0 radical (unpaired) electrons. The molecule has 6 aromatic heterocycles. The second-order valence-corrected chi connectivity index (χ2v) is 21.5. The van der Waals surface area contributed by atoms with Crippen LogP contribution in [0.2, 0.25) is 0 Å². The molecular weight excluding hydrogens is 1030 g/mol. The van der Waals surface area contributed by atoms with Gasteiger partial charge >= 0.3 is 0 Å². The van der Waals surface area contributed by atoms with Gasteiger partial charge in [-0.05, 0) is 97.2 Å². The summed E-state index contributed by atoms with van der Waals surface area (Å²) in [5.41, 5.74) is 20.4. The highest BCUT2D eigenvalue weighted by Crippen LogP contribution is 2.41. The summed E-state index contributed by atoms with van der Waals surface area (Å²) in [6.07, 6.45) is 20.8. The second-order valence-electron chi connectivity index (χ2n) is 18.2. The molecule has 0 spiro atoms. The zero-order chi connectivity index (χ0) is 53.3. The van der Waals surface area contributed by atoms with Crippen molar-refractivity contribution in [3.63, 3.8) is 0 Å². The van der Waals surface area contributed by atoms with Gasteiger partial charge in [-0.25, -0.2) is 40.7 Å². The van der Waals surface area contributed by atoms with Crippen molar-refractivity contribution in [1.29, 1.82) is 0 Å². The van der Waals surface area contributed by atoms with E-state index >= 15 is 0 Å². The number of anilines is 2. The summed E-state index contributed by atoms with van der Waals surface area (Å²) in [4.78, 5) is 15.2. The standard InChI is InChI=1S/C23H20F2N4O3S.C22H18F2N4O.C7H9N3O3S/c1-33(30,31)29-15-7-5-13(6-8-15)14-9-17-18(11-27-23(17)26-10-14)22-19(12-28-32-22)16-3-2-4-20(24)21(16)25;23-19-3-1-2-15(20(19)24)18-11-28-29-21(18)17-10-27-22-16(17)8-13(9-26-22)12-4-6-14(25)7-5-12;1-14(11,12)13-10-7-5-3-2-4-6(7)8-9-10/h2-5,9-12,15,29H,6-8H2,1H3,(H,26,27);1-4,8-11,14H,5-7,25H2,(H,26,27);2-5,8-9H,1H3. The van der Waals surface area contributed by atoms with E-state index in [2.05, 4.69) is 56.3 Å². The molecule has 76 heavy (non-hydrogen) atoms. The van der Waals surface area contributed by atoms with Crippen molar-refractivity contribution in [3.8, 4) is 44.9 Å². The Kier molecular flexibility index (Phi) is 14.4. The number of H-pyrrole nitrogens is 2. The van der Waals surface area contributed by atoms with Crippen LogP contribution in [0.5, 0.6) is 0 Å². The van der Waals surface area contributed by atoms with Crippen LogP contribution in [0.3, 0.4) is 0 Å². The minimum absolute atomic E-state index is 0.0594. The maximum atomic E-state index is 14.4. The second kappa shape index (κ2) is 21.3. The van der Waals surface area contributed by atoms with Gasteiger partial charge < -0.3 is 24.7 Å². The van der Waals surface area contributed by atoms with E-state index in [1.54, 1.807) is 36.8 Å². The number of benzene rings is 3. The molecule has 24 heteroatoms. The van der Waals surface area contributed by atoms with E-state index in [4.69, 9.17) is 14.8 Å². The Morgan fingerprint density at radius 2 is 1.21 bits per heavy atom. The number of halogens is 4. The smallest absolute Gasteiger partial charge is 0.286 e. The average Bonchev–Trinajstić information content (AvgIpc) is 4.30. The number of para-hydroxylation sites is 2. The molecule has 1 aliphatic heterocycles. The van der Waals surface area contributed by atoms with Crippen molar-refractivity contribution in [2.24, 2.45) is 5.73 Å². The first kappa shape index (κ1) is 51.5. The summed E-state index contributed by atoms with van der Waals surface area (Å²) in [5.74, 6) is -3.10. The molecular formula is C52H47F4N11O7S2. The average molecular weight is 1080 g/mol. The molecule has 18 nitrogen and oxygen atoms in total. The summed E-state index contributed by atoms with van der Waals surface area (Å²) >= 11 is 0. The van der Waals surface area contributed by atoms with Crippen LogP contribution < -0.4 is 26.6 Å². The van der Waals surface area contributed by atoms with Gasteiger partial charge in [-0.1, -0.05) is 58.9 Å². The van der Waals surface area contributed by atoms with Gasteiger partial charge in [0.15, 0.2) is 34.8 Å². The molecule has 0 bridgehead atoms. The monoisotopic (exact) mass is 1080 g/mol. The number of aromatic nitrogens is 6. The number of sulfonamides is 1. The summed E-state index contributed by atoms with van der Waals surface area (Å²) in [6, 6.07) is 19.2. The van der Waals surface area contributed by atoms with Crippen molar-refractivity contribution in [1.82, 2.24) is 40.5 Å². The van der Waals surface area contributed by atoms with Gasteiger partial charge in [0, 0.05) is 69.9 Å². The minimum atomic E-state index is -3.53. The highest BCUT2D eigenvalue weighted by Gasteiger charge is 2.26. The number of nitrogens with one attached hydrogen (secondary N) is 5. The number of nitrogens with two attached hydrogens (primary N) is 1. The summed E-state index contributed by atoms with van der Waals surface area (Å²) in [6.45, 7) is 0. The molecule has 3 aliphatic rings. The Morgan fingerprint density at radius 1 is 0.671 bits per heavy atom. The number of rotatable bonds is 10. The molecule has 392 valence electrons. The first-order valence-corrected chi connectivity index (χ1v) is 27.3. The zero-order valence-corrected chi connectivity index (χ0v) is 42.1. The molecule has 9 aromatic rings. The van der Waals surface area contributed by atoms with Gasteiger partial charge in [-0.2, -0.15) is 8.42 Å². The Bertz CT molecular complexity index is 3930. The molecule has 2 unspecified atom stereocenters. The summed E-state index contributed by atoms with van der Waals surface area (Å²) < 4.78 is 119. The molecule has 7 N–H and O–H groups in total. The predicted molar refractivity (Wildman–Crippen MR) is 279 cm³/mol. The van der Waals surface area contributed by atoms with E-state index in [0.717, 1.165) is 82.2 Å². The first-order chi connectivity index (χ1) is 36.5. The van der Waals surface area contributed by atoms with Gasteiger partial charge in [0.25, 0.3) is 10.1 Å². The van der Waals surface area contributed by atoms with Gasteiger partial charge in [0.2, 0.25) is 10.0 Å². The van der Waals surface area contributed by atoms with Crippen LogP contribution in [0.1, 0.15) is 49.7 Å². The van der Waals surface area contributed by atoms with Crippen molar-refractivity contribution < 1.29 is 47.7 Å². The molecule has 12 rings (SSSR count). The van der Waals surface area contributed by atoms with E-state index in [9.17, 15) is 34.4 Å². The van der Waals surface area contributed by atoms with Crippen LogP contribution in [-0.4, -0.2) is 71.7 Å². The van der Waals surface area contributed by atoms with Gasteiger partial charge in [0.05, 0.1) is 41.7 Å². The summed E-state index contributed by atoms with van der Waals surface area (Å²) in [5, 5.41) is 10.3. The highest BCUT2D eigenvalue weighted by atomic mass is 32.2. The van der Waals surface area contributed by atoms with Crippen LogP contribution in [-0.2, 0) is 24.4 Å². The highest BCUT2D eigenvalue weighted by molar-refractivity contribution is 7.88. The van der Waals surface area contributed by atoms with Crippen LogP contribution in [0.4, 0.5) is 28.9 Å². The predicted octanol–water partition coefficient (Wildman–Crippen LogP) is 9.94. The maximum absolute atomic E-state index is 14.4. The van der Waals surface area contributed by atoms with Crippen LogP contribution in [0, 0.1) is 23.3 Å². The molecule has 7 heterocycles. The van der Waals surface area contributed by atoms with Crippen molar-refractivity contribution in [2.75, 3.05) is 23.1 Å². The van der Waals surface area contributed by atoms with Crippen molar-refractivity contribution in [2.45, 2.75) is 50.6 Å². The number of hydrogen-bond donors (Lipinski definition) is 6. The Labute approximate surface area is 432 Å². The normalized spacial score (nSPS) is 16.5. The Balaban J connectivity index is 0.000000139. The number of hydrogen-bond acceptors (Lipinski definition) is 15.